The Morgan fingerprint density at radius 3 is 2.32 bits per heavy atom. The molecular formula is C31H37N3O4. The summed E-state index contributed by atoms with van der Waals surface area (Å²) >= 11 is 0. The molecule has 2 atom stereocenters. The van der Waals surface area contributed by atoms with Crippen LogP contribution >= 0.6 is 0 Å². The van der Waals surface area contributed by atoms with E-state index in [0.29, 0.717) is 11.3 Å². The molecule has 0 spiro atoms. The van der Waals surface area contributed by atoms with E-state index in [1.54, 1.807) is 33.8 Å². The summed E-state index contributed by atoms with van der Waals surface area (Å²) in [5.41, 5.74) is 2.51. The molecule has 0 aliphatic carbocycles. The molecule has 7 heteroatoms. The van der Waals surface area contributed by atoms with Gasteiger partial charge in [-0.05, 0) is 75.6 Å². The predicted octanol–water partition coefficient (Wildman–Crippen LogP) is 6.06. The third-order valence-electron chi connectivity index (χ3n) is 6.01. The van der Waals surface area contributed by atoms with Crippen LogP contribution in [0.4, 0.5) is 10.5 Å². The van der Waals surface area contributed by atoms with E-state index >= 15 is 0 Å². The van der Waals surface area contributed by atoms with Gasteiger partial charge in [0.15, 0.2) is 0 Å². The molecule has 0 heterocycles. The normalized spacial score (nSPS) is 12.8. The zero-order valence-corrected chi connectivity index (χ0v) is 23.0. The lowest BCUT2D eigenvalue weighted by molar-refractivity contribution is -0.139. The van der Waals surface area contributed by atoms with Gasteiger partial charge in [0.1, 0.15) is 17.7 Å². The first-order valence-corrected chi connectivity index (χ1v) is 12.7. The average molecular weight is 516 g/mol. The molecule has 0 aromatic heterocycles. The topological polar surface area (TPSA) is 87.7 Å². The van der Waals surface area contributed by atoms with Gasteiger partial charge in [0.2, 0.25) is 5.91 Å². The van der Waals surface area contributed by atoms with Crippen molar-refractivity contribution in [3.63, 3.8) is 0 Å². The van der Waals surface area contributed by atoms with E-state index < -0.39 is 29.7 Å². The minimum atomic E-state index is -0.963. The summed E-state index contributed by atoms with van der Waals surface area (Å²) in [6.45, 7) is 14.6. The van der Waals surface area contributed by atoms with Crippen LogP contribution in [0.3, 0.4) is 0 Å². The fourth-order valence-corrected chi connectivity index (χ4v) is 4.32. The van der Waals surface area contributed by atoms with E-state index in [1.165, 1.54) is 4.90 Å². The van der Waals surface area contributed by atoms with Gasteiger partial charge in [-0.15, -0.1) is 6.58 Å². The van der Waals surface area contributed by atoms with Crippen molar-refractivity contribution >= 4 is 34.4 Å². The molecule has 3 rings (SSSR count). The molecule has 38 heavy (non-hydrogen) atoms. The minimum Gasteiger partial charge on any atom is -0.444 e. The van der Waals surface area contributed by atoms with E-state index in [9.17, 15) is 14.4 Å². The molecule has 3 aromatic rings. The van der Waals surface area contributed by atoms with Crippen LogP contribution in [0.1, 0.15) is 50.4 Å². The maximum absolute atomic E-state index is 13.9. The number of carbonyl (C=O) groups is 3. The number of nitrogens with one attached hydrogen (secondary N) is 2. The van der Waals surface area contributed by atoms with Gasteiger partial charge in [-0.2, -0.15) is 0 Å². The molecule has 2 unspecified atom stereocenters. The molecule has 0 saturated carbocycles. The van der Waals surface area contributed by atoms with Crippen LogP contribution in [0.5, 0.6) is 0 Å². The SMILES string of the molecule is C=CCN(C(=O)C(C)NC(=O)OC(C)(C)C)C(C(=O)Nc1ccc2ccccc2c1)c1ccc(C)cc1C. The maximum Gasteiger partial charge on any atom is 0.408 e. The van der Waals surface area contributed by atoms with Gasteiger partial charge in [0.05, 0.1) is 0 Å². The number of nitrogens with zero attached hydrogens (tertiary/aromatic N) is 1. The van der Waals surface area contributed by atoms with E-state index in [4.69, 9.17) is 4.74 Å². The van der Waals surface area contributed by atoms with Crippen molar-refractivity contribution in [1.29, 1.82) is 0 Å². The van der Waals surface area contributed by atoms with Gasteiger partial charge < -0.3 is 20.3 Å². The zero-order valence-electron chi connectivity index (χ0n) is 23.0. The van der Waals surface area contributed by atoms with Crippen molar-refractivity contribution in [3.05, 3.63) is 90.0 Å². The highest BCUT2D eigenvalue weighted by atomic mass is 16.6. The zero-order chi connectivity index (χ0) is 28.0. The monoisotopic (exact) mass is 515 g/mol. The second-order valence-electron chi connectivity index (χ2n) is 10.5. The number of aryl methyl sites for hydroxylation is 2. The van der Waals surface area contributed by atoms with Crippen molar-refractivity contribution in [2.24, 2.45) is 0 Å². The van der Waals surface area contributed by atoms with Gasteiger partial charge in [-0.3, -0.25) is 9.59 Å². The molecule has 0 aliphatic heterocycles. The molecule has 0 saturated heterocycles. The van der Waals surface area contributed by atoms with Crippen molar-refractivity contribution in [2.45, 2.75) is 59.2 Å². The first kappa shape index (κ1) is 28.4. The smallest absolute Gasteiger partial charge is 0.408 e. The Balaban J connectivity index is 1.97. The molecule has 7 nitrogen and oxygen atoms in total. The highest BCUT2D eigenvalue weighted by Crippen LogP contribution is 2.28. The van der Waals surface area contributed by atoms with Crippen LogP contribution in [-0.4, -0.2) is 41.0 Å². The highest BCUT2D eigenvalue weighted by Gasteiger charge is 2.35. The highest BCUT2D eigenvalue weighted by molar-refractivity contribution is 6.00. The molecular weight excluding hydrogens is 478 g/mol. The van der Waals surface area contributed by atoms with E-state index in [2.05, 4.69) is 17.2 Å². The maximum atomic E-state index is 13.9. The van der Waals surface area contributed by atoms with Crippen LogP contribution in [0.2, 0.25) is 0 Å². The molecule has 0 radical (unpaired) electrons. The lowest BCUT2D eigenvalue weighted by Crippen LogP contribution is -2.51. The number of hydrogen-bond donors (Lipinski definition) is 2. The lowest BCUT2D eigenvalue weighted by atomic mass is 9.96. The van der Waals surface area contributed by atoms with Crippen LogP contribution in [-0.2, 0) is 14.3 Å². The summed E-state index contributed by atoms with van der Waals surface area (Å²) in [5.74, 6) is -0.804. The second-order valence-corrected chi connectivity index (χ2v) is 10.5. The van der Waals surface area contributed by atoms with Crippen LogP contribution in [0.15, 0.2) is 73.3 Å². The van der Waals surface area contributed by atoms with Gasteiger partial charge in [-0.25, -0.2) is 4.79 Å². The fourth-order valence-electron chi connectivity index (χ4n) is 4.32. The van der Waals surface area contributed by atoms with E-state index in [1.807, 2.05) is 74.5 Å². The Kier molecular flexibility index (Phi) is 8.94. The Hall–Kier alpha value is -4.13. The summed E-state index contributed by atoms with van der Waals surface area (Å²) in [6.07, 6.45) is 0.860. The standard InChI is InChI=1S/C31H37N3O4/c1-8-17-34(29(36)22(4)32-30(37)38-31(5,6)7)27(26-16-13-20(2)18-21(26)3)28(35)33-25-15-14-23-11-9-10-12-24(23)19-25/h8-16,18-19,22,27H,1,17H2,2-7H3,(H,32,37)(H,33,35). The number of amides is 3. The summed E-state index contributed by atoms with van der Waals surface area (Å²) in [6, 6.07) is 17.4. The second kappa shape index (κ2) is 11.9. The number of anilines is 1. The molecule has 2 N–H and O–H groups in total. The molecule has 200 valence electrons. The molecule has 0 bridgehead atoms. The number of alkyl carbamates (subject to hydrolysis) is 1. The van der Waals surface area contributed by atoms with Gasteiger partial charge >= 0.3 is 6.09 Å². The number of benzene rings is 3. The molecule has 0 aliphatic rings. The molecule has 3 aromatic carbocycles. The number of carbonyl (C=O) groups excluding carboxylic acids is 3. The van der Waals surface area contributed by atoms with Gasteiger partial charge in [0, 0.05) is 12.2 Å². The first-order chi connectivity index (χ1) is 17.9. The quantitative estimate of drug-likeness (QED) is 0.357. The van der Waals surface area contributed by atoms with Crippen LogP contribution < -0.4 is 10.6 Å². The first-order valence-electron chi connectivity index (χ1n) is 12.7. The van der Waals surface area contributed by atoms with Crippen molar-refractivity contribution < 1.29 is 19.1 Å². The number of fused-ring (bicyclic) bond motifs is 1. The third kappa shape index (κ3) is 7.22. The number of ether oxygens (including phenoxy) is 1. The summed E-state index contributed by atoms with van der Waals surface area (Å²) < 4.78 is 5.32. The van der Waals surface area contributed by atoms with E-state index in [-0.39, 0.29) is 12.5 Å². The number of rotatable bonds is 8. The molecule has 3 amide bonds. The minimum absolute atomic E-state index is 0.0995. The number of hydrogen-bond acceptors (Lipinski definition) is 4. The van der Waals surface area contributed by atoms with Crippen LogP contribution in [0.25, 0.3) is 10.8 Å². The summed E-state index contributed by atoms with van der Waals surface area (Å²) in [7, 11) is 0. The summed E-state index contributed by atoms with van der Waals surface area (Å²) in [4.78, 5) is 41.4. The average Bonchev–Trinajstić information content (AvgIpc) is 2.83. The largest absolute Gasteiger partial charge is 0.444 e. The fraction of sp³-hybridized carbons (Fsp3) is 0.323. The Labute approximate surface area is 224 Å². The Morgan fingerprint density at radius 1 is 1.00 bits per heavy atom. The molecule has 0 fully saturated rings. The van der Waals surface area contributed by atoms with Crippen molar-refractivity contribution in [2.75, 3.05) is 11.9 Å². The summed E-state index contributed by atoms with van der Waals surface area (Å²) in [5, 5.41) is 7.64. The van der Waals surface area contributed by atoms with Crippen molar-refractivity contribution in [3.8, 4) is 0 Å². The van der Waals surface area contributed by atoms with Gasteiger partial charge in [0.25, 0.3) is 5.91 Å². The van der Waals surface area contributed by atoms with E-state index in [0.717, 1.165) is 21.9 Å². The lowest BCUT2D eigenvalue weighted by Gasteiger charge is -2.33. The Morgan fingerprint density at radius 2 is 1.68 bits per heavy atom. The third-order valence-corrected chi connectivity index (χ3v) is 6.01. The van der Waals surface area contributed by atoms with Crippen molar-refractivity contribution in [1.82, 2.24) is 10.2 Å². The van der Waals surface area contributed by atoms with Gasteiger partial charge in [-0.1, -0.05) is 60.2 Å². The Bertz CT molecular complexity index is 1340. The predicted molar refractivity (Wildman–Crippen MR) is 152 cm³/mol. The van der Waals surface area contributed by atoms with Crippen LogP contribution in [0, 0.1) is 13.8 Å².